The molecule has 102 valence electrons. The van der Waals surface area contributed by atoms with Crippen LogP contribution in [0.2, 0.25) is 0 Å². The Balaban J connectivity index is 0.00000133. The van der Waals surface area contributed by atoms with Crippen LogP contribution in [-0.2, 0) is 9.53 Å². The van der Waals surface area contributed by atoms with Crippen LogP contribution < -0.4 is 26.8 Å². The predicted octanol–water partition coefficient (Wildman–Crippen LogP) is -1.75. The number of carbonyl (C=O) groups excluding carboxylic acids is 1. The van der Waals surface area contributed by atoms with Gasteiger partial charge < -0.3 is 26.6 Å². The number of anilines is 2. The minimum Gasteiger partial charge on any atom is -1.00 e. The summed E-state index contributed by atoms with van der Waals surface area (Å²) in [5.41, 5.74) is 2.15. The fourth-order valence-electron chi connectivity index (χ4n) is 2.41. The average Bonchev–Trinajstić information content (AvgIpc) is 2.93. The van der Waals surface area contributed by atoms with E-state index in [9.17, 15) is 4.79 Å². The summed E-state index contributed by atoms with van der Waals surface area (Å²) in [5, 5.41) is 0. The van der Waals surface area contributed by atoms with Gasteiger partial charge >= 0.3 is 5.97 Å². The van der Waals surface area contributed by atoms with Crippen LogP contribution in [-0.4, -0.2) is 38.2 Å². The number of rotatable bonds is 3. The Bertz CT molecular complexity index is 518. The molecule has 5 nitrogen and oxygen atoms in total. The molecule has 2 aliphatic heterocycles. The molecule has 0 saturated heterocycles. The van der Waals surface area contributed by atoms with Crippen molar-refractivity contribution in [1.29, 1.82) is 0 Å². The monoisotopic (exact) mass is 324 g/mol. The molecule has 19 heavy (non-hydrogen) atoms. The minimum atomic E-state index is -0.219. The Morgan fingerprint density at radius 2 is 2.11 bits per heavy atom. The first kappa shape index (κ1) is 13.9. The third-order valence-electron chi connectivity index (χ3n) is 3.12. The third kappa shape index (κ3) is 2.32. The first-order valence-corrected chi connectivity index (χ1v) is 6.15. The van der Waals surface area contributed by atoms with Gasteiger partial charge in [0.15, 0.2) is 0 Å². The molecule has 0 aromatic heterocycles. The summed E-state index contributed by atoms with van der Waals surface area (Å²) in [6.07, 6.45) is 0. The fraction of sp³-hybridized carbons (Fsp3) is 0.385. The van der Waals surface area contributed by atoms with Crippen molar-refractivity contribution in [3.8, 4) is 0 Å². The van der Waals surface area contributed by atoms with Crippen molar-refractivity contribution < 1.29 is 26.5 Å². The molecule has 0 spiro atoms. The highest BCUT2D eigenvalue weighted by molar-refractivity contribution is 6.18. The van der Waals surface area contributed by atoms with Gasteiger partial charge in [0.05, 0.1) is 24.5 Å². The van der Waals surface area contributed by atoms with Gasteiger partial charge in [-0.05, 0) is 19.1 Å². The second-order valence-electron chi connectivity index (χ2n) is 4.21. The van der Waals surface area contributed by atoms with Gasteiger partial charge in [-0.25, -0.2) is 0 Å². The van der Waals surface area contributed by atoms with Gasteiger partial charge in [-0.1, -0.05) is 12.1 Å². The molecule has 0 unspecified atom stereocenters. The summed E-state index contributed by atoms with van der Waals surface area (Å²) >= 11 is 0. The smallest absolute Gasteiger partial charge is 0.326 e. The molecule has 2 aliphatic rings. The lowest BCUT2D eigenvalue weighted by atomic mass is 10.2. The molecule has 1 aromatic carbocycles. The van der Waals surface area contributed by atoms with Gasteiger partial charge in [-0.2, -0.15) is 0 Å². The molecule has 1 aromatic rings. The number of benzene rings is 1. The van der Waals surface area contributed by atoms with E-state index in [4.69, 9.17) is 4.74 Å². The van der Waals surface area contributed by atoms with Crippen molar-refractivity contribution in [2.24, 2.45) is 4.99 Å². The number of carbonyl (C=O) groups is 1. The van der Waals surface area contributed by atoms with Gasteiger partial charge in [-0.3, -0.25) is 14.7 Å². The van der Waals surface area contributed by atoms with Crippen molar-refractivity contribution in [3.63, 3.8) is 0 Å². The zero-order valence-electron chi connectivity index (χ0n) is 10.7. The first-order chi connectivity index (χ1) is 8.81. The maximum Gasteiger partial charge on any atom is 0.326 e. The maximum absolute atomic E-state index is 11.7. The summed E-state index contributed by atoms with van der Waals surface area (Å²) in [5.74, 6) is 0.646. The van der Waals surface area contributed by atoms with E-state index < -0.39 is 0 Å². The van der Waals surface area contributed by atoms with E-state index in [0.29, 0.717) is 6.61 Å². The summed E-state index contributed by atoms with van der Waals surface area (Å²) in [6, 6.07) is 8.04. The van der Waals surface area contributed by atoms with Crippen LogP contribution >= 0.6 is 0 Å². The van der Waals surface area contributed by atoms with E-state index in [0.717, 1.165) is 30.4 Å². The first-order valence-electron chi connectivity index (χ1n) is 6.15. The van der Waals surface area contributed by atoms with E-state index in [1.165, 1.54) is 0 Å². The average molecular weight is 325 g/mol. The van der Waals surface area contributed by atoms with Crippen molar-refractivity contribution in [2.45, 2.75) is 6.92 Å². The normalized spacial score (nSPS) is 15.5. The number of hydrogen-bond acceptors (Lipinski definition) is 5. The van der Waals surface area contributed by atoms with E-state index in [2.05, 4.69) is 16.0 Å². The number of ether oxygens (including phenoxy) is 1. The van der Waals surface area contributed by atoms with Gasteiger partial charge in [-0.15, -0.1) is 0 Å². The summed E-state index contributed by atoms with van der Waals surface area (Å²) in [7, 11) is 0. The molecule has 2 heterocycles. The molecule has 0 atom stereocenters. The predicted molar refractivity (Wildman–Crippen MR) is 70.1 cm³/mol. The lowest BCUT2D eigenvalue weighted by molar-refractivity contribution is -0.141. The van der Waals surface area contributed by atoms with Crippen LogP contribution in [0.3, 0.4) is 0 Å². The Hall–Kier alpha value is -1.56. The van der Waals surface area contributed by atoms with Crippen molar-refractivity contribution in [1.82, 2.24) is 0 Å². The van der Waals surface area contributed by atoms with Crippen LogP contribution in [0.1, 0.15) is 6.92 Å². The molecular weight excluding hydrogens is 310 g/mol. The number of esters is 1. The van der Waals surface area contributed by atoms with Crippen LogP contribution in [0.4, 0.5) is 11.4 Å². The highest BCUT2D eigenvalue weighted by atomic mass is 79.9. The van der Waals surface area contributed by atoms with Gasteiger partial charge in [0.1, 0.15) is 6.54 Å². The molecule has 0 saturated carbocycles. The molecule has 6 heteroatoms. The Labute approximate surface area is 122 Å². The second kappa shape index (κ2) is 5.61. The zero-order chi connectivity index (χ0) is 12.5. The quantitative estimate of drug-likeness (QED) is 0.619. The van der Waals surface area contributed by atoms with Gasteiger partial charge in [0, 0.05) is 6.54 Å². The van der Waals surface area contributed by atoms with Crippen LogP contribution in [0.25, 0.3) is 0 Å². The lowest BCUT2D eigenvalue weighted by Gasteiger charge is -2.18. The Morgan fingerprint density at radius 1 is 1.37 bits per heavy atom. The molecular formula is C13H15BrN3O2-. The van der Waals surface area contributed by atoms with Crippen molar-refractivity contribution in [2.75, 3.05) is 36.0 Å². The molecule has 0 fully saturated rings. The van der Waals surface area contributed by atoms with Gasteiger partial charge in [0.2, 0.25) is 5.96 Å². The summed E-state index contributed by atoms with van der Waals surface area (Å²) < 4.78 is 5.01. The highest BCUT2D eigenvalue weighted by Gasteiger charge is 2.35. The standard InChI is InChI=1S/C13H15N3O2.BrH/c1-2-18-12(17)9-16-11-6-4-3-5-10(11)15-8-7-14-13(15)16;/h3-6H,2,7-9H2,1H3;1H/p-1. The van der Waals surface area contributed by atoms with E-state index in [1.807, 2.05) is 30.0 Å². The number of nitrogens with zero attached hydrogens (tertiary/aromatic N) is 3. The molecule has 0 amide bonds. The van der Waals surface area contributed by atoms with Crippen molar-refractivity contribution >= 4 is 23.3 Å². The number of halogens is 1. The SMILES string of the molecule is CCOC(=O)CN1C2=NCCN2c2ccccc21.[Br-]. The van der Waals surface area contributed by atoms with Crippen molar-refractivity contribution in [3.05, 3.63) is 24.3 Å². The van der Waals surface area contributed by atoms with E-state index >= 15 is 0 Å². The van der Waals surface area contributed by atoms with E-state index in [-0.39, 0.29) is 29.5 Å². The topological polar surface area (TPSA) is 45.1 Å². The minimum absolute atomic E-state index is 0. The molecule has 0 aliphatic carbocycles. The number of hydrogen-bond donors (Lipinski definition) is 0. The van der Waals surface area contributed by atoms with Crippen LogP contribution in [0.5, 0.6) is 0 Å². The maximum atomic E-state index is 11.7. The third-order valence-corrected chi connectivity index (χ3v) is 3.12. The van der Waals surface area contributed by atoms with Crippen LogP contribution in [0, 0.1) is 0 Å². The molecule has 0 bridgehead atoms. The Morgan fingerprint density at radius 3 is 2.84 bits per heavy atom. The summed E-state index contributed by atoms with van der Waals surface area (Å²) in [6.45, 7) is 4.11. The lowest BCUT2D eigenvalue weighted by Crippen LogP contribution is -3.00. The molecule has 0 N–H and O–H groups in total. The largest absolute Gasteiger partial charge is 1.00 e. The number of para-hydroxylation sites is 2. The Kier molecular flexibility index (Phi) is 4.09. The molecule has 3 rings (SSSR count). The number of guanidine groups is 1. The summed E-state index contributed by atoms with van der Waals surface area (Å²) in [4.78, 5) is 20.2. The second-order valence-corrected chi connectivity index (χ2v) is 4.21. The highest BCUT2D eigenvalue weighted by Crippen LogP contribution is 2.38. The zero-order valence-corrected chi connectivity index (χ0v) is 12.3. The van der Waals surface area contributed by atoms with E-state index in [1.54, 1.807) is 0 Å². The fourth-order valence-corrected chi connectivity index (χ4v) is 2.41. The number of fused-ring (bicyclic) bond motifs is 3. The molecule has 0 radical (unpaired) electrons. The van der Waals surface area contributed by atoms with Gasteiger partial charge in [0.25, 0.3) is 0 Å². The van der Waals surface area contributed by atoms with Crippen LogP contribution in [0.15, 0.2) is 29.3 Å². The number of aliphatic imine (C=N–C) groups is 1.